The number of halogens is 1. The summed E-state index contributed by atoms with van der Waals surface area (Å²) in [4.78, 5) is 8.82. The number of fused-ring (bicyclic) bond motifs is 1. The molecule has 1 aliphatic rings. The van der Waals surface area contributed by atoms with Gasteiger partial charge in [-0.25, -0.2) is 9.97 Å². The topological polar surface area (TPSA) is 56.7 Å². The summed E-state index contributed by atoms with van der Waals surface area (Å²) in [5.41, 5.74) is 7.75. The lowest BCUT2D eigenvalue weighted by Gasteiger charge is -2.22. The van der Waals surface area contributed by atoms with E-state index in [9.17, 15) is 0 Å². The van der Waals surface area contributed by atoms with Crippen LogP contribution in [0.1, 0.15) is 39.2 Å². The first kappa shape index (κ1) is 12.7. The summed E-state index contributed by atoms with van der Waals surface area (Å²) in [6.45, 7) is 4.57. The van der Waals surface area contributed by atoms with E-state index in [1.165, 1.54) is 12.8 Å². The van der Waals surface area contributed by atoms with Crippen LogP contribution in [0.25, 0.3) is 11.2 Å². The van der Waals surface area contributed by atoms with Crippen molar-refractivity contribution >= 4 is 28.7 Å². The Kier molecular flexibility index (Phi) is 3.13. The zero-order chi connectivity index (χ0) is 13.6. The molecule has 2 aromatic rings. The van der Waals surface area contributed by atoms with Crippen LogP contribution in [-0.4, -0.2) is 14.5 Å². The standard InChI is InChI=1S/C14H19ClN4/c1-3-9-4-5-12(8(9)2)19-13-11(18-14(19)16)6-10(15)7-17-13/h6-9,12H,3-5H2,1-2H3,(H2,16,18). The highest BCUT2D eigenvalue weighted by Gasteiger charge is 2.34. The van der Waals surface area contributed by atoms with Gasteiger partial charge in [0.2, 0.25) is 5.95 Å². The Morgan fingerprint density at radius 3 is 2.95 bits per heavy atom. The van der Waals surface area contributed by atoms with Crippen LogP contribution in [0, 0.1) is 11.8 Å². The number of pyridine rings is 1. The van der Waals surface area contributed by atoms with E-state index in [-0.39, 0.29) is 0 Å². The molecule has 2 heterocycles. The maximum Gasteiger partial charge on any atom is 0.202 e. The van der Waals surface area contributed by atoms with Gasteiger partial charge in [0.25, 0.3) is 0 Å². The molecule has 0 radical (unpaired) electrons. The lowest BCUT2D eigenvalue weighted by Crippen LogP contribution is -2.17. The Balaban J connectivity index is 2.08. The summed E-state index contributed by atoms with van der Waals surface area (Å²) >= 11 is 5.96. The van der Waals surface area contributed by atoms with Crippen molar-refractivity contribution in [2.45, 2.75) is 39.2 Å². The third-order valence-electron chi connectivity index (χ3n) is 4.56. The zero-order valence-corrected chi connectivity index (χ0v) is 12.1. The molecule has 0 saturated heterocycles. The van der Waals surface area contributed by atoms with Crippen molar-refractivity contribution in [2.24, 2.45) is 11.8 Å². The molecule has 102 valence electrons. The van der Waals surface area contributed by atoms with Crippen molar-refractivity contribution in [1.29, 1.82) is 0 Å². The fourth-order valence-electron chi connectivity index (χ4n) is 3.47. The predicted octanol–water partition coefficient (Wildman–Crippen LogP) is 3.66. The lowest BCUT2D eigenvalue weighted by atomic mass is 9.93. The Bertz CT molecular complexity index is 607. The molecule has 0 bridgehead atoms. The van der Waals surface area contributed by atoms with Crippen LogP contribution < -0.4 is 5.73 Å². The first-order chi connectivity index (χ1) is 9.11. The summed E-state index contributed by atoms with van der Waals surface area (Å²) in [5.74, 6) is 1.94. The van der Waals surface area contributed by atoms with Gasteiger partial charge in [-0.1, -0.05) is 31.9 Å². The Hall–Kier alpha value is -1.29. The third-order valence-corrected chi connectivity index (χ3v) is 4.77. The van der Waals surface area contributed by atoms with E-state index in [0.717, 1.165) is 23.5 Å². The van der Waals surface area contributed by atoms with E-state index >= 15 is 0 Å². The smallest absolute Gasteiger partial charge is 0.202 e. The zero-order valence-electron chi connectivity index (χ0n) is 11.3. The molecule has 19 heavy (non-hydrogen) atoms. The summed E-state index contributed by atoms with van der Waals surface area (Å²) in [5, 5.41) is 0.600. The first-order valence-corrected chi connectivity index (χ1v) is 7.28. The van der Waals surface area contributed by atoms with Crippen LogP contribution in [-0.2, 0) is 0 Å². The van der Waals surface area contributed by atoms with Crippen LogP contribution in [0.2, 0.25) is 5.02 Å². The number of anilines is 1. The maximum atomic E-state index is 6.10. The average Bonchev–Trinajstić information content (AvgIpc) is 2.88. The van der Waals surface area contributed by atoms with E-state index < -0.39 is 0 Å². The second kappa shape index (κ2) is 4.67. The maximum absolute atomic E-state index is 6.10. The van der Waals surface area contributed by atoms with Gasteiger partial charge in [0.15, 0.2) is 5.65 Å². The molecular formula is C14H19ClN4. The van der Waals surface area contributed by atoms with Crippen molar-refractivity contribution in [3.8, 4) is 0 Å². The minimum Gasteiger partial charge on any atom is -0.369 e. The van der Waals surface area contributed by atoms with Gasteiger partial charge >= 0.3 is 0 Å². The molecule has 1 aliphatic carbocycles. The minimum atomic E-state index is 0.406. The highest BCUT2D eigenvalue weighted by molar-refractivity contribution is 6.31. The molecule has 0 aromatic carbocycles. The Morgan fingerprint density at radius 1 is 1.47 bits per heavy atom. The molecule has 2 N–H and O–H groups in total. The summed E-state index contributed by atoms with van der Waals surface area (Å²) in [7, 11) is 0. The minimum absolute atomic E-state index is 0.406. The highest BCUT2D eigenvalue weighted by atomic mass is 35.5. The third kappa shape index (κ3) is 1.98. The second-order valence-corrected chi connectivity index (χ2v) is 5.94. The average molecular weight is 279 g/mol. The SMILES string of the molecule is CCC1CCC(n2c(N)nc3cc(Cl)cnc32)C1C. The quantitative estimate of drug-likeness (QED) is 0.912. The van der Waals surface area contributed by atoms with Crippen molar-refractivity contribution in [3.63, 3.8) is 0 Å². The molecule has 3 unspecified atom stereocenters. The molecule has 1 saturated carbocycles. The number of hydrogen-bond donors (Lipinski definition) is 1. The number of rotatable bonds is 2. The fourth-order valence-corrected chi connectivity index (χ4v) is 3.62. The van der Waals surface area contributed by atoms with E-state index in [1.807, 2.05) is 6.07 Å². The van der Waals surface area contributed by atoms with Gasteiger partial charge in [-0.15, -0.1) is 0 Å². The highest BCUT2D eigenvalue weighted by Crippen LogP contribution is 2.43. The van der Waals surface area contributed by atoms with E-state index in [1.54, 1.807) is 6.20 Å². The van der Waals surface area contributed by atoms with Crippen molar-refractivity contribution in [3.05, 3.63) is 17.3 Å². The van der Waals surface area contributed by atoms with Crippen molar-refractivity contribution in [1.82, 2.24) is 14.5 Å². The predicted molar refractivity (Wildman–Crippen MR) is 78.2 cm³/mol. The molecular weight excluding hydrogens is 260 g/mol. The van der Waals surface area contributed by atoms with Crippen LogP contribution >= 0.6 is 11.6 Å². The van der Waals surface area contributed by atoms with Gasteiger partial charge in [0, 0.05) is 12.2 Å². The van der Waals surface area contributed by atoms with Gasteiger partial charge in [-0.05, 0) is 30.7 Å². The number of nitrogens with zero attached hydrogens (tertiary/aromatic N) is 3. The van der Waals surface area contributed by atoms with Crippen molar-refractivity contribution in [2.75, 3.05) is 5.73 Å². The number of hydrogen-bond acceptors (Lipinski definition) is 3. The van der Waals surface area contributed by atoms with Gasteiger partial charge in [0.05, 0.1) is 5.02 Å². The number of nitrogens with two attached hydrogens (primary N) is 1. The van der Waals surface area contributed by atoms with Gasteiger partial charge in [-0.3, -0.25) is 4.57 Å². The number of nitrogen functional groups attached to an aromatic ring is 1. The van der Waals surface area contributed by atoms with Crippen LogP contribution in [0.4, 0.5) is 5.95 Å². The molecule has 3 rings (SSSR count). The van der Waals surface area contributed by atoms with Gasteiger partial charge in [-0.2, -0.15) is 0 Å². The van der Waals surface area contributed by atoms with E-state index in [4.69, 9.17) is 17.3 Å². The number of imidazole rings is 1. The lowest BCUT2D eigenvalue weighted by molar-refractivity contribution is 0.335. The second-order valence-electron chi connectivity index (χ2n) is 5.51. The van der Waals surface area contributed by atoms with E-state index in [0.29, 0.717) is 22.9 Å². The monoisotopic (exact) mass is 278 g/mol. The molecule has 3 atom stereocenters. The normalized spacial score (nSPS) is 27.2. The van der Waals surface area contributed by atoms with Crippen LogP contribution in [0.5, 0.6) is 0 Å². The van der Waals surface area contributed by atoms with Crippen molar-refractivity contribution < 1.29 is 0 Å². The molecule has 0 aliphatic heterocycles. The molecule has 1 fully saturated rings. The summed E-state index contributed by atoms with van der Waals surface area (Å²) in [6, 6.07) is 2.23. The van der Waals surface area contributed by atoms with Gasteiger partial charge in [0.1, 0.15) is 5.52 Å². The summed E-state index contributed by atoms with van der Waals surface area (Å²) in [6.07, 6.45) is 5.30. The van der Waals surface area contributed by atoms with E-state index in [2.05, 4.69) is 28.4 Å². The molecule has 2 aromatic heterocycles. The van der Waals surface area contributed by atoms with Gasteiger partial charge < -0.3 is 5.73 Å². The van der Waals surface area contributed by atoms with Crippen LogP contribution in [0.3, 0.4) is 0 Å². The molecule has 0 amide bonds. The first-order valence-electron chi connectivity index (χ1n) is 6.90. The Morgan fingerprint density at radius 2 is 2.26 bits per heavy atom. The molecule has 0 spiro atoms. The largest absolute Gasteiger partial charge is 0.369 e. The summed E-state index contributed by atoms with van der Waals surface area (Å²) < 4.78 is 2.10. The fraction of sp³-hybridized carbons (Fsp3) is 0.571. The number of aromatic nitrogens is 3. The molecule has 4 nitrogen and oxygen atoms in total. The molecule has 5 heteroatoms. The Labute approximate surface area is 118 Å². The van der Waals surface area contributed by atoms with Crippen LogP contribution in [0.15, 0.2) is 12.3 Å².